The van der Waals surface area contributed by atoms with Crippen molar-refractivity contribution >= 4 is 27.5 Å². The quantitative estimate of drug-likeness (QED) is 0.613. The molecule has 0 amide bonds. The van der Waals surface area contributed by atoms with Crippen molar-refractivity contribution < 1.29 is 8.78 Å². The summed E-state index contributed by atoms with van der Waals surface area (Å²) in [5.74, 6) is -0.0703. The van der Waals surface area contributed by atoms with E-state index in [-0.39, 0.29) is 16.6 Å². The summed E-state index contributed by atoms with van der Waals surface area (Å²) in [6.07, 6.45) is 0.887. The van der Waals surface area contributed by atoms with E-state index < -0.39 is 11.6 Å². The largest absolute Gasteiger partial charge is 0.312 e. The Labute approximate surface area is 114 Å². The van der Waals surface area contributed by atoms with Gasteiger partial charge in [0.2, 0.25) is 0 Å². The van der Waals surface area contributed by atoms with Crippen LogP contribution in [-0.4, -0.2) is 12.4 Å². The average molecular weight is 327 g/mol. The fourth-order valence-electron chi connectivity index (χ4n) is 1.46. The normalized spacial score (nSPS) is 12.8. The minimum absolute atomic E-state index is 0.0671. The lowest BCUT2D eigenvalue weighted by Crippen LogP contribution is -2.22. The van der Waals surface area contributed by atoms with Crippen molar-refractivity contribution in [2.24, 2.45) is 5.92 Å². The van der Waals surface area contributed by atoms with Crippen LogP contribution in [0.25, 0.3) is 0 Å². The molecule has 0 radical (unpaired) electrons. The molecule has 17 heavy (non-hydrogen) atoms. The maximum atomic E-state index is 13.6. The van der Waals surface area contributed by atoms with Crippen LogP contribution in [0.5, 0.6) is 0 Å². The van der Waals surface area contributed by atoms with Gasteiger partial charge in [0.25, 0.3) is 0 Å². The molecular weight excluding hydrogens is 311 g/mol. The average Bonchev–Trinajstić information content (AvgIpc) is 2.29. The van der Waals surface area contributed by atoms with Crippen molar-refractivity contribution in [3.05, 3.63) is 33.8 Å². The molecule has 1 aromatic carbocycles. The summed E-state index contributed by atoms with van der Waals surface area (Å²) < 4.78 is 27.2. The van der Waals surface area contributed by atoms with Crippen molar-refractivity contribution in [3.63, 3.8) is 0 Å². The van der Waals surface area contributed by atoms with E-state index in [4.69, 9.17) is 11.6 Å². The lowest BCUT2D eigenvalue weighted by Gasteiger charge is -2.12. The number of hydrogen-bond donors (Lipinski definition) is 1. The molecule has 96 valence electrons. The summed E-state index contributed by atoms with van der Waals surface area (Å²) in [5, 5.41) is 3.04. The summed E-state index contributed by atoms with van der Waals surface area (Å²) in [4.78, 5) is 0. The molecule has 0 bridgehead atoms. The molecule has 0 spiro atoms. The van der Waals surface area contributed by atoms with Gasteiger partial charge in [0.1, 0.15) is 11.6 Å². The molecule has 0 heterocycles. The molecule has 1 atom stereocenters. The van der Waals surface area contributed by atoms with Crippen LogP contribution in [0.3, 0.4) is 0 Å². The first kappa shape index (κ1) is 14.9. The zero-order valence-electron chi connectivity index (χ0n) is 9.57. The predicted molar refractivity (Wildman–Crippen MR) is 70.3 cm³/mol. The molecule has 1 N–H and O–H groups in total. The first-order chi connectivity index (χ1) is 8.06. The molecule has 0 aliphatic rings. The summed E-state index contributed by atoms with van der Waals surface area (Å²) >= 11 is 8.65. The van der Waals surface area contributed by atoms with Gasteiger partial charge in [-0.1, -0.05) is 6.92 Å². The van der Waals surface area contributed by atoms with Crippen LogP contribution >= 0.6 is 27.5 Å². The Morgan fingerprint density at radius 1 is 1.41 bits per heavy atom. The number of alkyl halides is 1. The van der Waals surface area contributed by atoms with Gasteiger partial charge in [0, 0.05) is 18.0 Å². The lowest BCUT2D eigenvalue weighted by molar-refractivity contribution is 0.480. The molecule has 1 nitrogen and oxygen atoms in total. The van der Waals surface area contributed by atoms with Crippen molar-refractivity contribution in [1.82, 2.24) is 5.32 Å². The van der Waals surface area contributed by atoms with Crippen molar-refractivity contribution in [2.45, 2.75) is 19.9 Å². The van der Waals surface area contributed by atoms with Crippen LogP contribution in [-0.2, 0) is 6.54 Å². The minimum Gasteiger partial charge on any atom is -0.312 e. The van der Waals surface area contributed by atoms with E-state index in [1.54, 1.807) is 0 Å². The second kappa shape index (κ2) is 7.29. The number of benzene rings is 1. The van der Waals surface area contributed by atoms with Gasteiger partial charge in [-0.05, 0) is 46.9 Å². The van der Waals surface area contributed by atoms with E-state index >= 15 is 0 Å². The van der Waals surface area contributed by atoms with Crippen molar-refractivity contribution in [2.75, 3.05) is 12.4 Å². The zero-order valence-corrected chi connectivity index (χ0v) is 11.9. The molecule has 0 aliphatic carbocycles. The summed E-state index contributed by atoms with van der Waals surface area (Å²) in [6.45, 7) is 2.92. The van der Waals surface area contributed by atoms with Crippen LogP contribution in [0.15, 0.2) is 16.6 Å². The fraction of sp³-hybridized carbons (Fsp3) is 0.500. The highest BCUT2D eigenvalue weighted by atomic mass is 79.9. The third-order valence-corrected chi connectivity index (χ3v) is 3.37. The Kier molecular flexibility index (Phi) is 6.38. The van der Waals surface area contributed by atoms with Gasteiger partial charge in [-0.2, -0.15) is 0 Å². The van der Waals surface area contributed by atoms with Crippen LogP contribution in [0.4, 0.5) is 8.78 Å². The second-order valence-corrected chi connectivity index (χ2v) is 5.27. The molecule has 0 aliphatic heterocycles. The van der Waals surface area contributed by atoms with Crippen LogP contribution in [0.1, 0.15) is 18.9 Å². The standard InChI is InChI=1S/C12H15BrClF2N/c1-8(4-5-14)6-17-7-9-11(15)3-2-10(13)12(9)16/h2-3,8,17H,4-7H2,1H3. The number of rotatable bonds is 6. The van der Waals surface area contributed by atoms with Crippen molar-refractivity contribution in [3.8, 4) is 0 Å². The minimum atomic E-state index is -0.539. The number of hydrogen-bond acceptors (Lipinski definition) is 1. The van der Waals surface area contributed by atoms with E-state index in [1.165, 1.54) is 12.1 Å². The Hall–Kier alpha value is -0.190. The number of halogens is 4. The maximum absolute atomic E-state index is 13.6. The molecule has 0 saturated heterocycles. The molecule has 1 aromatic rings. The van der Waals surface area contributed by atoms with Crippen molar-refractivity contribution in [1.29, 1.82) is 0 Å². The monoisotopic (exact) mass is 325 g/mol. The summed E-state index contributed by atoms with van der Waals surface area (Å²) in [5.41, 5.74) is 0.0671. The fourth-order valence-corrected chi connectivity index (χ4v) is 2.21. The van der Waals surface area contributed by atoms with E-state index in [0.29, 0.717) is 18.3 Å². The van der Waals surface area contributed by atoms with Gasteiger partial charge in [-0.3, -0.25) is 0 Å². The van der Waals surface area contributed by atoms with Crippen LogP contribution in [0.2, 0.25) is 0 Å². The smallest absolute Gasteiger partial charge is 0.144 e. The highest BCUT2D eigenvalue weighted by Crippen LogP contribution is 2.21. The Balaban J connectivity index is 2.55. The molecule has 0 aromatic heterocycles. The SMILES string of the molecule is CC(CCCl)CNCc1c(F)ccc(Br)c1F. The first-order valence-corrected chi connectivity index (χ1v) is 6.78. The Morgan fingerprint density at radius 3 is 2.76 bits per heavy atom. The van der Waals surface area contributed by atoms with E-state index in [1.807, 2.05) is 6.92 Å². The molecule has 1 rings (SSSR count). The predicted octanol–water partition coefficient (Wildman–Crippen LogP) is 4.08. The third kappa shape index (κ3) is 4.53. The van der Waals surface area contributed by atoms with Gasteiger partial charge in [-0.15, -0.1) is 11.6 Å². The highest BCUT2D eigenvalue weighted by molar-refractivity contribution is 9.10. The van der Waals surface area contributed by atoms with Gasteiger partial charge >= 0.3 is 0 Å². The summed E-state index contributed by atoms with van der Waals surface area (Å²) in [7, 11) is 0. The van der Waals surface area contributed by atoms with E-state index in [0.717, 1.165) is 6.42 Å². The van der Waals surface area contributed by atoms with Gasteiger partial charge in [-0.25, -0.2) is 8.78 Å². The lowest BCUT2D eigenvalue weighted by atomic mass is 10.1. The molecule has 1 unspecified atom stereocenters. The Morgan fingerprint density at radius 2 is 2.12 bits per heavy atom. The maximum Gasteiger partial charge on any atom is 0.144 e. The Bertz CT molecular complexity index is 374. The van der Waals surface area contributed by atoms with Gasteiger partial charge in [0.15, 0.2) is 0 Å². The highest BCUT2D eigenvalue weighted by Gasteiger charge is 2.12. The van der Waals surface area contributed by atoms with Gasteiger partial charge < -0.3 is 5.32 Å². The van der Waals surface area contributed by atoms with Crippen LogP contribution in [0, 0.1) is 17.6 Å². The molecule has 0 fully saturated rings. The number of nitrogens with one attached hydrogen (secondary N) is 1. The van der Waals surface area contributed by atoms with Gasteiger partial charge in [0.05, 0.1) is 4.47 Å². The molecule has 5 heteroatoms. The molecular formula is C12H15BrClF2N. The topological polar surface area (TPSA) is 12.0 Å². The van der Waals surface area contributed by atoms with E-state index in [9.17, 15) is 8.78 Å². The summed E-state index contributed by atoms with van der Waals surface area (Å²) in [6, 6.07) is 2.62. The first-order valence-electron chi connectivity index (χ1n) is 5.45. The van der Waals surface area contributed by atoms with E-state index in [2.05, 4.69) is 21.2 Å². The zero-order chi connectivity index (χ0) is 12.8. The third-order valence-electron chi connectivity index (χ3n) is 2.54. The van der Waals surface area contributed by atoms with Crippen LogP contribution < -0.4 is 5.32 Å². The second-order valence-electron chi connectivity index (χ2n) is 4.04. The molecule has 0 saturated carbocycles.